The minimum absolute atomic E-state index is 0. The first-order chi connectivity index (χ1) is 7.34. The highest BCUT2D eigenvalue weighted by Gasteiger charge is 2.31. The van der Waals surface area contributed by atoms with Gasteiger partial charge in [0.05, 0.1) is 12.1 Å². The largest absolute Gasteiger partial charge is 0.381 e. The summed E-state index contributed by atoms with van der Waals surface area (Å²) in [5.74, 6) is -0.0470. The molecule has 0 saturated heterocycles. The van der Waals surface area contributed by atoms with E-state index in [4.69, 9.17) is 10.5 Å². The Kier molecular flexibility index (Phi) is 6.45. The molecule has 5 heteroatoms. The van der Waals surface area contributed by atoms with Gasteiger partial charge in [0.2, 0.25) is 5.91 Å². The van der Waals surface area contributed by atoms with Gasteiger partial charge in [0.15, 0.2) is 0 Å². The Morgan fingerprint density at radius 1 is 1.41 bits per heavy atom. The van der Waals surface area contributed by atoms with E-state index in [0.717, 1.165) is 19.3 Å². The SMILES string of the molecule is COC1CCC(NC(=O)[C@@H](N)C(C)(C)C)C1.Cl. The van der Waals surface area contributed by atoms with Crippen molar-refractivity contribution in [2.45, 2.75) is 58.2 Å². The van der Waals surface area contributed by atoms with Crippen LogP contribution in [0, 0.1) is 5.41 Å². The summed E-state index contributed by atoms with van der Waals surface area (Å²) in [6.07, 6.45) is 3.20. The lowest BCUT2D eigenvalue weighted by Gasteiger charge is -2.27. The topological polar surface area (TPSA) is 64.3 Å². The number of amides is 1. The van der Waals surface area contributed by atoms with Crippen LogP contribution in [0.2, 0.25) is 0 Å². The van der Waals surface area contributed by atoms with Crippen LogP contribution in [-0.4, -0.2) is 31.2 Å². The lowest BCUT2D eigenvalue weighted by Crippen LogP contribution is -2.51. The number of hydrogen-bond donors (Lipinski definition) is 2. The van der Waals surface area contributed by atoms with E-state index in [9.17, 15) is 4.79 Å². The third-order valence-electron chi connectivity index (χ3n) is 3.28. The molecule has 3 N–H and O–H groups in total. The van der Waals surface area contributed by atoms with Gasteiger partial charge >= 0.3 is 0 Å². The molecule has 0 aliphatic heterocycles. The maximum atomic E-state index is 11.9. The lowest BCUT2D eigenvalue weighted by atomic mass is 9.87. The maximum absolute atomic E-state index is 11.9. The van der Waals surface area contributed by atoms with E-state index in [-0.39, 0.29) is 35.9 Å². The molecule has 0 radical (unpaired) electrons. The van der Waals surface area contributed by atoms with Gasteiger partial charge < -0.3 is 15.8 Å². The van der Waals surface area contributed by atoms with Gasteiger partial charge in [-0.1, -0.05) is 20.8 Å². The Morgan fingerprint density at radius 2 is 2.00 bits per heavy atom. The van der Waals surface area contributed by atoms with E-state index in [0.29, 0.717) is 0 Å². The third kappa shape index (κ3) is 4.82. The van der Waals surface area contributed by atoms with Crippen molar-refractivity contribution in [3.8, 4) is 0 Å². The number of nitrogens with one attached hydrogen (secondary N) is 1. The van der Waals surface area contributed by atoms with Crippen LogP contribution in [0.3, 0.4) is 0 Å². The number of carbonyl (C=O) groups excluding carboxylic acids is 1. The Morgan fingerprint density at radius 3 is 2.41 bits per heavy atom. The number of hydrogen-bond acceptors (Lipinski definition) is 3. The van der Waals surface area contributed by atoms with Crippen molar-refractivity contribution < 1.29 is 9.53 Å². The molecule has 17 heavy (non-hydrogen) atoms. The molecule has 0 heterocycles. The number of ether oxygens (including phenoxy) is 1. The fourth-order valence-electron chi connectivity index (χ4n) is 1.97. The quantitative estimate of drug-likeness (QED) is 0.811. The van der Waals surface area contributed by atoms with Crippen LogP contribution in [0.5, 0.6) is 0 Å². The molecule has 0 bridgehead atoms. The van der Waals surface area contributed by atoms with E-state index >= 15 is 0 Å². The second-order valence-electron chi connectivity index (χ2n) is 5.72. The number of nitrogens with two attached hydrogens (primary N) is 1. The molecule has 1 aliphatic carbocycles. The Hall–Kier alpha value is -0.320. The van der Waals surface area contributed by atoms with Crippen LogP contribution in [0.4, 0.5) is 0 Å². The van der Waals surface area contributed by atoms with E-state index in [2.05, 4.69) is 5.32 Å². The first-order valence-electron chi connectivity index (χ1n) is 5.93. The maximum Gasteiger partial charge on any atom is 0.237 e. The molecule has 0 aromatic heterocycles. The number of halogens is 1. The first-order valence-corrected chi connectivity index (χ1v) is 5.93. The lowest BCUT2D eigenvalue weighted by molar-refractivity contribution is -0.125. The monoisotopic (exact) mass is 264 g/mol. The Bertz CT molecular complexity index is 253. The Labute approximate surface area is 110 Å². The van der Waals surface area contributed by atoms with Crippen molar-refractivity contribution in [3.05, 3.63) is 0 Å². The molecule has 1 fully saturated rings. The fourth-order valence-corrected chi connectivity index (χ4v) is 1.97. The normalized spacial score (nSPS) is 26.2. The second kappa shape index (κ2) is 6.57. The summed E-state index contributed by atoms with van der Waals surface area (Å²) in [5.41, 5.74) is 5.71. The van der Waals surface area contributed by atoms with E-state index in [1.807, 2.05) is 20.8 Å². The van der Waals surface area contributed by atoms with Gasteiger partial charge in [0, 0.05) is 13.2 Å². The average molecular weight is 265 g/mol. The van der Waals surface area contributed by atoms with Crippen LogP contribution in [0.15, 0.2) is 0 Å². The molecule has 1 aliphatic rings. The minimum atomic E-state index is -0.450. The predicted molar refractivity (Wildman–Crippen MR) is 71.3 cm³/mol. The van der Waals surface area contributed by atoms with E-state index in [1.165, 1.54) is 0 Å². The zero-order valence-corrected chi connectivity index (χ0v) is 12.0. The van der Waals surface area contributed by atoms with Crippen molar-refractivity contribution >= 4 is 18.3 Å². The van der Waals surface area contributed by atoms with Crippen LogP contribution in [-0.2, 0) is 9.53 Å². The zero-order valence-electron chi connectivity index (χ0n) is 11.2. The molecule has 1 rings (SSSR count). The van der Waals surface area contributed by atoms with Crippen LogP contribution in [0.25, 0.3) is 0 Å². The average Bonchev–Trinajstić information content (AvgIpc) is 2.63. The van der Waals surface area contributed by atoms with Crippen molar-refractivity contribution in [1.29, 1.82) is 0 Å². The minimum Gasteiger partial charge on any atom is -0.381 e. The van der Waals surface area contributed by atoms with Crippen molar-refractivity contribution in [1.82, 2.24) is 5.32 Å². The molecule has 1 amide bonds. The van der Waals surface area contributed by atoms with Crippen LogP contribution in [0.1, 0.15) is 40.0 Å². The molecule has 0 aromatic rings. The summed E-state index contributed by atoms with van der Waals surface area (Å²) in [6, 6.07) is -0.222. The van der Waals surface area contributed by atoms with Gasteiger partial charge in [-0.2, -0.15) is 0 Å². The second-order valence-corrected chi connectivity index (χ2v) is 5.72. The standard InChI is InChI=1S/C12H24N2O2.ClH/c1-12(2,3)10(13)11(15)14-8-5-6-9(7-8)16-4;/h8-10H,5-7,13H2,1-4H3,(H,14,15);1H/t8?,9?,10-;/m1./s1. The van der Waals surface area contributed by atoms with Crippen molar-refractivity contribution in [2.75, 3.05) is 7.11 Å². The van der Waals surface area contributed by atoms with E-state index in [1.54, 1.807) is 7.11 Å². The molecular weight excluding hydrogens is 240 g/mol. The summed E-state index contributed by atoms with van der Waals surface area (Å²) in [6.45, 7) is 5.93. The highest BCUT2D eigenvalue weighted by Crippen LogP contribution is 2.23. The Balaban J connectivity index is 0.00000256. The molecule has 2 unspecified atom stereocenters. The molecular formula is C12H25ClN2O2. The van der Waals surface area contributed by atoms with Crippen molar-refractivity contribution in [3.63, 3.8) is 0 Å². The van der Waals surface area contributed by atoms with Gasteiger partial charge in [-0.05, 0) is 24.7 Å². The molecule has 102 valence electrons. The van der Waals surface area contributed by atoms with Gasteiger partial charge in [0.1, 0.15) is 0 Å². The van der Waals surface area contributed by atoms with Gasteiger partial charge in [0.25, 0.3) is 0 Å². The summed E-state index contributed by atoms with van der Waals surface area (Å²) < 4.78 is 5.27. The summed E-state index contributed by atoms with van der Waals surface area (Å²) in [5, 5.41) is 3.01. The summed E-state index contributed by atoms with van der Waals surface area (Å²) >= 11 is 0. The smallest absolute Gasteiger partial charge is 0.237 e. The highest BCUT2D eigenvalue weighted by atomic mass is 35.5. The van der Waals surface area contributed by atoms with Gasteiger partial charge in [-0.25, -0.2) is 0 Å². The van der Waals surface area contributed by atoms with Crippen LogP contribution < -0.4 is 11.1 Å². The highest BCUT2D eigenvalue weighted by molar-refractivity contribution is 5.85. The van der Waals surface area contributed by atoms with Crippen molar-refractivity contribution in [2.24, 2.45) is 11.1 Å². The van der Waals surface area contributed by atoms with Gasteiger partial charge in [-0.15, -0.1) is 12.4 Å². The summed E-state index contributed by atoms with van der Waals surface area (Å²) in [7, 11) is 1.72. The number of carbonyl (C=O) groups is 1. The molecule has 3 atom stereocenters. The molecule has 1 saturated carbocycles. The van der Waals surface area contributed by atoms with E-state index < -0.39 is 6.04 Å². The third-order valence-corrected chi connectivity index (χ3v) is 3.28. The van der Waals surface area contributed by atoms with Gasteiger partial charge in [-0.3, -0.25) is 4.79 Å². The van der Waals surface area contributed by atoms with Crippen LogP contribution >= 0.6 is 12.4 Å². The number of methoxy groups -OCH3 is 1. The zero-order chi connectivity index (χ0) is 12.3. The first kappa shape index (κ1) is 16.7. The number of rotatable bonds is 3. The molecule has 0 aromatic carbocycles. The molecule has 4 nitrogen and oxygen atoms in total. The fraction of sp³-hybridized carbons (Fsp3) is 0.917. The predicted octanol–water partition coefficient (Wildman–Crippen LogP) is 1.47. The molecule has 0 spiro atoms. The summed E-state index contributed by atoms with van der Waals surface area (Å²) in [4.78, 5) is 11.9.